The van der Waals surface area contributed by atoms with E-state index in [1.54, 1.807) is 0 Å². The molecule has 1 saturated carbocycles. The van der Waals surface area contributed by atoms with Crippen LogP contribution in [0.5, 0.6) is 0 Å². The first-order valence-electron chi connectivity index (χ1n) is 3.78. The van der Waals surface area contributed by atoms with Crippen LogP contribution in [-0.4, -0.2) is 29.7 Å². The van der Waals surface area contributed by atoms with E-state index in [0.29, 0.717) is 0 Å². The molecular formula is C6H13NO4S. The molecule has 6 heteroatoms. The Morgan fingerprint density at radius 1 is 1.25 bits per heavy atom. The van der Waals surface area contributed by atoms with Gasteiger partial charge in [-0.25, -0.2) is 13.6 Å². The lowest BCUT2D eigenvalue weighted by Gasteiger charge is -2.30. The lowest BCUT2D eigenvalue weighted by atomic mass is 9.94. The molecule has 0 bridgehead atoms. The van der Waals surface area contributed by atoms with Crippen LogP contribution in [0.2, 0.25) is 0 Å². The zero-order chi connectivity index (χ0) is 9.41. The van der Waals surface area contributed by atoms with E-state index in [0.717, 1.165) is 0 Å². The monoisotopic (exact) mass is 195 g/mol. The highest BCUT2D eigenvalue weighted by atomic mass is 32.2. The summed E-state index contributed by atoms with van der Waals surface area (Å²) in [6.45, 7) is 0. The Bertz CT molecular complexity index is 249. The maximum Gasteiger partial charge on any atom is 0.211 e. The molecule has 0 radical (unpaired) electrons. The molecule has 0 aromatic rings. The maximum atomic E-state index is 10.8. The number of hydrogen-bond acceptors (Lipinski definition) is 4. The second-order valence-corrected chi connectivity index (χ2v) is 5.12. The Kier molecular flexibility index (Phi) is 2.44. The summed E-state index contributed by atoms with van der Waals surface area (Å²) in [5.41, 5.74) is 0. The number of hydrogen-bond donors (Lipinski definition) is 3. The smallest absolute Gasteiger partial charge is 0.211 e. The standard InChI is InChI=1S/C6H13NO4S/c7-12(10,11)5-1-3-6(8,9)4-2-5/h5,8-9H,1-4H2,(H2,7,10,11). The van der Waals surface area contributed by atoms with E-state index in [9.17, 15) is 8.42 Å². The fourth-order valence-corrected chi connectivity index (χ4v) is 2.27. The fraction of sp³-hybridized carbons (Fsp3) is 1.00. The summed E-state index contributed by atoms with van der Waals surface area (Å²) in [5.74, 6) is -1.69. The van der Waals surface area contributed by atoms with Crippen LogP contribution in [0.4, 0.5) is 0 Å². The molecule has 12 heavy (non-hydrogen) atoms. The summed E-state index contributed by atoms with van der Waals surface area (Å²) >= 11 is 0. The van der Waals surface area contributed by atoms with E-state index in [1.165, 1.54) is 0 Å². The van der Waals surface area contributed by atoms with Crippen molar-refractivity contribution in [2.75, 3.05) is 0 Å². The van der Waals surface area contributed by atoms with Gasteiger partial charge in [-0.1, -0.05) is 0 Å². The van der Waals surface area contributed by atoms with E-state index in [1.807, 2.05) is 0 Å². The van der Waals surface area contributed by atoms with Crippen LogP contribution in [0.25, 0.3) is 0 Å². The first-order chi connectivity index (χ1) is 5.31. The molecular weight excluding hydrogens is 182 g/mol. The van der Waals surface area contributed by atoms with E-state index < -0.39 is 21.1 Å². The van der Waals surface area contributed by atoms with Gasteiger partial charge in [-0.05, 0) is 12.8 Å². The van der Waals surface area contributed by atoms with E-state index in [-0.39, 0.29) is 25.7 Å². The van der Waals surface area contributed by atoms with Crippen molar-refractivity contribution in [3.8, 4) is 0 Å². The molecule has 0 aromatic carbocycles. The van der Waals surface area contributed by atoms with Crippen molar-refractivity contribution in [3.63, 3.8) is 0 Å². The summed E-state index contributed by atoms with van der Waals surface area (Å²) in [6, 6.07) is 0. The largest absolute Gasteiger partial charge is 0.366 e. The van der Waals surface area contributed by atoms with E-state index in [2.05, 4.69) is 0 Å². The number of aliphatic hydroxyl groups is 2. The van der Waals surface area contributed by atoms with Crippen LogP contribution in [0.1, 0.15) is 25.7 Å². The van der Waals surface area contributed by atoms with Crippen molar-refractivity contribution in [2.24, 2.45) is 5.14 Å². The zero-order valence-corrected chi connectivity index (χ0v) is 7.42. The van der Waals surface area contributed by atoms with Gasteiger partial charge in [0, 0.05) is 12.8 Å². The Morgan fingerprint density at radius 3 is 2.00 bits per heavy atom. The SMILES string of the molecule is NS(=O)(=O)C1CCC(O)(O)CC1. The molecule has 5 nitrogen and oxygen atoms in total. The molecule has 0 heterocycles. The molecule has 4 N–H and O–H groups in total. The minimum Gasteiger partial charge on any atom is -0.366 e. The molecule has 0 saturated heterocycles. The fourth-order valence-electron chi connectivity index (χ4n) is 1.38. The highest BCUT2D eigenvalue weighted by molar-refractivity contribution is 7.89. The molecule has 0 unspecified atom stereocenters. The van der Waals surface area contributed by atoms with Crippen LogP contribution < -0.4 is 5.14 Å². The third-order valence-electron chi connectivity index (χ3n) is 2.20. The Morgan fingerprint density at radius 2 is 1.67 bits per heavy atom. The van der Waals surface area contributed by atoms with Gasteiger partial charge in [-0.3, -0.25) is 0 Å². The molecule has 0 atom stereocenters. The molecule has 1 aliphatic rings. The normalized spacial score (nSPS) is 25.6. The van der Waals surface area contributed by atoms with Gasteiger partial charge < -0.3 is 10.2 Å². The second kappa shape index (κ2) is 2.95. The quantitative estimate of drug-likeness (QED) is 0.462. The lowest BCUT2D eigenvalue weighted by Crippen LogP contribution is -2.40. The molecule has 1 rings (SSSR count). The first kappa shape index (κ1) is 9.91. The first-order valence-corrected chi connectivity index (χ1v) is 5.39. The minimum absolute atomic E-state index is 0.0775. The van der Waals surface area contributed by atoms with Crippen LogP contribution in [0, 0.1) is 0 Å². The Balaban J connectivity index is 2.59. The summed E-state index contributed by atoms with van der Waals surface area (Å²) < 4.78 is 21.6. The summed E-state index contributed by atoms with van der Waals surface area (Å²) in [6.07, 6.45) is 0.611. The lowest BCUT2D eigenvalue weighted by molar-refractivity contribution is -0.179. The highest BCUT2D eigenvalue weighted by Gasteiger charge is 2.35. The average molecular weight is 195 g/mol. The van der Waals surface area contributed by atoms with Crippen molar-refractivity contribution in [1.82, 2.24) is 0 Å². The number of rotatable bonds is 1. The third-order valence-corrected chi connectivity index (χ3v) is 3.60. The molecule has 1 fully saturated rings. The second-order valence-electron chi connectivity index (χ2n) is 3.27. The topological polar surface area (TPSA) is 101 Å². The average Bonchev–Trinajstić information content (AvgIpc) is 1.83. The minimum atomic E-state index is -3.50. The molecule has 0 aliphatic heterocycles. The predicted molar refractivity (Wildman–Crippen MR) is 42.5 cm³/mol. The van der Waals surface area contributed by atoms with Crippen molar-refractivity contribution in [3.05, 3.63) is 0 Å². The van der Waals surface area contributed by atoms with Gasteiger partial charge in [0.15, 0.2) is 5.79 Å². The van der Waals surface area contributed by atoms with Crippen LogP contribution in [0.15, 0.2) is 0 Å². The molecule has 72 valence electrons. The molecule has 0 amide bonds. The predicted octanol–water partition coefficient (Wildman–Crippen LogP) is -1.10. The number of nitrogens with two attached hydrogens (primary N) is 1. The highest BCUT2D eigenvalue weighted by Crippen LogP contribution is 2.28. The van der Waals surface area contributed by atoms with Crippen LogP contribution in [-0.2, 0) is 10.0 Å². The van der Waals surface area contributed by atoms with Crippen molar-refractivity contribution in [1.29, 1.82) is 0 Å². The van der Waals surface area contributed by atoms with E-state index >= 15 is 0 Å². The van der Waals surface area contributed by atoms with Gasteiger partial charge in [0.1, 0.15) is 0 Å². The van der Waals surface area contributed by atoms with Gasteiger partial charge in [0.25, 0.3) is 0 Å². The van der Waals surface area contributed by atoms with Gasteiger partial charge in [-0.2, -0.15) is 0 Å². The van der Waals surface area contributed by atoms with Gasteiger partial charge in [0.05, 0.1) is 5.25 Å². The van der Waals surface area contributed by atoms with Crippen molar-refractivity contribution >= 4 is 10.0 Å². The summed E-state index contributed by atoms with van der Waals surface area (Å²) in [4.78, 5) is 0. The van der Waals surface area contributed by atoms with Gasteiger partial charge >= 0.3 is 0 Å². The van der Waals surface area contributed by atoms with Crippen LogP contribution in [0.3, 0.4) is 0 Å². The Labute approximate surface area is 71.2 Å². The Hall–Kier alpha value is -0.170. The van der Waals surface area contributed by atoms with Crippen molar-refractivity contribution in [2.45, 2.75) is 36.7 Å². The van der Waals surface area contributed by atoms with E-state index in [4.69, 9.17) is 15.4 Å². The number of sulfonamides is 1. The summed E-state index contributed by atoms with van der Waals surface area (Å²) in [5, 5.41) is 22.5. The molecule has 1 aliphatic carbocycles. The number of primary sulfonamides is 1. The van der Waals surface area contributed by atoms with Gasteiger partial charge in [0.2, 0.25) is 10.0 Å². The molecule has 0 spiro atoms. The summed E-state index contributed by atoms with van der Waals surface area (Å²) in [7, 11) is -3.50. The zero-order valence-electron chi connectivity index (χ0n) is 6.60. The van der Waals surface area contributed by atoms with Crippen LogP contribution >= 0.6 is 0 Å². The van der Waals surface area contributed by atoms with Crippen molar-refractivity contribution < 1.29 is 18.6 Å². The molecule has 0 aromatic heterocycles. The van der Waals surface area contributed by atoms with Gasteiger partial charge in [-0.15, -0.1) is 0 Å². The third kappa shape index (κ3) is 2.41. The maximum absolute atomic E-state index is 10.8.